The molecule has 0 spiro atoms. The van der Waals surface area contributed by atoms with Gasteiger partial charge in [-0.1, -0.05) is 30.3 Å². The largest absolute Gasteiger partial charge is 0.471 e. The van der Waals surface area contributed by atoms with Crippen LogP contribution in [0.3, 0.4) is 0 Å². The van der Waals surface area contributed by atoms with E-state index in [1.54, 1.807) is 30.3 Å². The van der Waals surface area contributed by atoms with Gasteiger partial charge in [-0.2, -0.15) is 23.4 Å². The Kier molecular flexibility index (Phi) is 6.68. The lowest BCUT2D eigenvalue weighted by Gasteiger charge is -2.40. The fourth-order valence-corrected chi connectivity index (χ4v) is 3.78. The second-order valence-corrected chi connectivity index (χ2v) is 8.09. The van der Waals surface area contributed by atoms with Gasteiger partial charge in [-0.15, -0.1) is 0 Å². The molecule has 0 N–H and O–H groups in total. The number of anilines is 1. The van der Waals surface area contributed by atoms with Gasteiger partial charge in [0.05, 0.1) is 18.1 Å². The van der Waals surface area contributed by atoms with E-state index in [2.05, 4.69) is 10.2 Å². The summed E-state index contributed by atoms with van der Waals surface area (Å²) < 4.78 is 78.4. The van der Waals surface area contributed by atoms with Crippen molar-refractivity contribution in [2.24, 2.45) is 16.1 Å². The van der Waals surface area contributed by atoms with Crippen molar-refractivity contribution in [1.29, 1.82) is 0 Å². The highest BCUT2D eigenvalue weighted by atomic mass is 19.4. The molecule has 6 nitrogen and oxygen atoms in total. The van der Waals surface area contributed by atoms with Gasteiger partial charge < -0.3 is 9.80 Å². The third-order valence-electron chi connectivity index (χ3n) is 5.71. The molecule has 2 aliphatic rings. The van der Waals surface area contributed by atoms with Crippen molar-refractivity contribution in [2.75, 3.05) is 18.0 Å². The van der Waals surface area contributed by atoms with Crippen LogP contribution >= 0.6 is 0 Å². The van der Waals surface area contributed by atoms with E-state index < -0.39 is 54.9 Å². The highest BCUT2D eigenvalue weighted by molar-refractivity contribution is 7.02. The molecular formula is C22H17BF6N4O2. The maximum absolute atomic E-state index is 14.9. The van der Waals surface area contributed by atoms with Crippen molar-refractivity contribution in [3.63, 3.8) is 0 Å². The van der Waals surface area contributed by atoms with Crippen LogP contribution in [0.4, 0.5) is 32.0 Å². The Morgan fingerprint density at radius 1 is 1.09 bits per heavy atom. The first-order chi connectivity index (χ1) is 16.5. The second-order valence-electron chi connectivity index (χ2n) is 8.09. The number of likely N-dealkylation sites (tertiary alicyclic amines) is 1. The molecule has 2 amide bonds. The lowest BCUT2D eigenvalue weighted by Crippen LogP contribution is -2.59. The molecule has 1 saturated heterocycles. The van der Waals surface area contributed by atoms with E-state index in [1.807, 2.05) is 0 Å². The summed E-state index contributed by atoms with van der Waals surface area (Å²) in [4.78, 5) is 26.3. The molecule has 35 heavy (non-hydrogen) atoms. The summed E-state index contributed by atoms with van der Waals surface area (Å²) in [5, 5.41) is 7.08. The monoisotopic (exact) mass is 494 g/mol. The van der Waals surface area contributed by atoms with Crippen molar-refractivity contribution in [3.8, 4) is 0 Å². The molecule has 0 atom stereocenters. The SMILES string of the molecule is O=C(C1CN(C(=O)C(F)(F)F)C1)N(Cc1ccc(C2=NN=C(C(F)F)B2)cc1F)c1ccccc1. The molecule has 2 heterocycles. The quantitative estimate of drug-likeness (QED) is 0.458. The number of hydrogen-bond donors (Lipinski definition) is 0. The first-order valence-electron chi connectivity index (χ1n) is 10.5. The summed E-state index contributed by atoms with van der Waals surface area (Å²) in [6.07, 6.45) is -7.79. The Bertz CT molecular complexity index is 1200. The van der Waals surface area contributed by atoms with Crippen LogP contribution in [0.1, 0.15) is 11.1 Å². The molecule has 4 rings (SSSR count). The number of alkyl halides is 5. The number of amides is 2. The zero-order valence-electron chi connectivity index (χ0n) is 18.0. The fourth-order valence-electron chi connectivity index (χ4n) is 3.78. The fraction of sp³-hybridized carbons (Fsp3) is 0.273. The Morgan fingerprint density at radius 2 is 1.77 bits per heavy atom. The normalized spacial score (nSPS) is 15.9. The Hall–Kier alpha value is -3.64. The van der Waals surface area contributed by atoms with Crippen molar-refractivity contribution >= 4 is 36.0 Å². The second kappa shape index (κ2) is 9.55. The van der Waals surface area contributed by atoms with Gasteiger partial charge in [0.15, 0.2) is 0 Å². The Labute approximate surface area is 196 Å². The molecule has 0 radical (unpaired) electrons. The van der Waals surface area contributed by atoms with Crippen LogP contribution in [0, 0.1) is 11.7 Å². The lowest BCUT2D eigenvalue weighted by molar-refractivity contribution is -0.191. The standard InChI is InChI=1S/C22H17BF6N4O2/c24-16-8-12(17-23-18(19(25)26)31-30-17)6-7-13(16)11-33(15-4-2-1-3-5-15)20(34)14-9-32(10-14)21(35)22(27,28)29/h1-8,14,19,23H,9-11H2. The van der Waals surface area contributed by atoms with Gasteiger partial charge >= 0.3 is 12.1 Å². The number of halogens is 6. The molecule has 2 aromatic rings. The maximum Gasteiger partial charge on any atom is 0.471 e. The van der Waals surface area contributed by atoms with Crippen LogP contribution in [-0.2, 0) is 16.1 Å². The van der Waals surface area contributed by atoms with E-state index in [9.17, 15) is 35.9 Å². The summed E-state index contributed by atoms with van der Waals surface area (Å²) in [5.74, 6) is -4.15. The van der Waals surface area contributed by atoms with Crippen LogP contribution < -0.4 is 4.90 Å². The molecule has 0 bridgehead atoms. The smallest absolute Gasteiger partial charge is 0.333 e. The minimum atomic E-state index is -5.03. The predicted octanol–water partition coefficient (Wildman–Crippen LogP) is 3.15. The zero-order chi connectivity index (χ0) is 25.3. The summed E-state index contributed by atoms with van der Waals surface area (Å²) in [6, 6.07) is 12.2. The Morgan fingerprint density at radius 3 is 2.34 bits per heavy atom. The van der Waals surface area contributed by atoms with Gasteiger partial charge in [0.1, 0.15) is 5.82 Å². The van der Waals surface area contributed by atoms with Crippen LogP contribution in [0.2, 0.25) is 0 Å². The molecule has 0 aliphatic carbocycles. The van der Waals surface area contributed by atoms with Gasteiger partial charge in [0.2, 0.25) is 13.2 Å². The molecule has 2 aliphatic heterocycles. The van der Waals surface area contributed by atoms with Crippen LogP contribution in [0.5, 0.6) is 0 Å². The number of carbonyl (C=O) groups excluding carboxylic acids is 2. The van der Waals surface area contributed by atoms with E-state index in [1.165, 1.54) is 17.0 Å². The summed E-state index contributed by atoms with van der Waals surface area (Å²) in [6.45, 7) is -1.02. The van der Waals surface area contributed by atoms with Crippen molar-refractivity contribution in [3.05, 3.63) is 65.5 Å². The summed E-state index contributed by atoms with van der Waals surface area (Å²) >= 11 is 0. The first-order valence-corrected chi connectivity index (χ1v) is 10.5. The highest BCUT2D eigenvalue weighted by Crippen LogP contribution is 2.29. The van der Waals surface area contributed by atoms with E-state index in [0.29, 0.717) is 10.6 Å². The van der Waals surface area contributed by atoms with Crippen LogP contribution in [0.15, 0.2) is 58.7 Å². The number of benzene rings is 2. The van der Waals surface area contributed by atoms with Gasteiger partial charge in [-0.05, 0) is 23.8 Å². The van der Waals surface area contributed by atoms with E-state index in [-0.39, 0.29) is 30.6 Å². The van der Waals surface area contributed by atoms with Crippen LogP contribution in [-0.4, -0.2) is 60.9 Å². The van der Waals surface area contributed by atoms with Gasteiger partial charge in [-0.25, -0.2) is 13.2 Å². The summed E-state index contributed by atoms with van der Waals surface area (Å²) in [5.41, 5.74) is 0.539. The van der Waals surface area contributed by atoms with Gasteiger partial charge in [0.25, 0.3) is 6.43 Å². The number of rotatable bonds is 6. The van der Waals surface area contributed by atoms with Gasteiger partial charge in [-0.3, -0.25) is 9.59 Å². The Balaban J connectivity index is 1.50. The lowest BCUT2D eigenvalue weighted by atomic mass is 9.66. The zero-order valence-corrected chi connectivity index (χ0v) is 18.0. The van der Waals surface area contributed by atoms with E-state index >= 15 is 0 Å². The molecule has 13 heteroatoms. The molecule has 182 valence electrons. The predicted molar refractivity (Wildman–Crippen MR) is 117 cm³/mol. The third-order valence-corrected chi connectivity index (χ3v) is 5.71. The topological polar surface area (TPSA) is 65.3 Å². The molecule has 0 unspecified atom stereocenters. The molecule has 1 fully saturated rings. The number of hydrogen-bond acceptors (Lipinski definition) is 4. The number of carbonyl (C=O) groups is 2. The van der Waals surface area contributed by atoms with Crippen molar-refractivity contribution in [1.82, 2.24) is 4.90 Å². The van der Waals surface area contributed by atoms with Gasteiger partial charge in [0, 0.05) is 30.0 Å². The first kappa shape index (κ1) is 24.5. The summed E-state index contributed by atoms with van der Waals surface area (Å²) in [7, 11) is -0.208. The molecular weight excluding hydrogens is 477 g/mol. The van der Waals surface area contributed by atoms with E-state index in [4.69, 9.17) is 0 Å². The van der Waals surface area contributed by atoms with Crippen LogP contribution in [0.25, 0.3) is 0 Å². The number of para-hydroxylation sites is 1. The van der Waals surface area contributed by atoms with Crippen molar-refractivity contribution in [2.45, 2.75) is 19.1 Å². The highest BCUT2D eigenvalue weighted by Gasteiger charge is 2.48. The number of nitrogens with zero attached hydrogens (tertiary/aromatic N) is 4. The molecule has 0 aromatic heterocycles. The maximum atomic E-state index is 14.9. The minimum Gasteiger partial charge on any atom is -0.333 e. The van der Waals surface area contributed by atoms with E-state index in [0.717, 1.165) is 6.07 Å². The third kappa shape index (κ3) is 5.23. The molecule has 2 aromatic carbocycles. The molecule has 0 saturated carbocycles. The van der Waals surface area contributed by atoms with Crippen molar-refractivity contribution < 1.29 is 35.9 Å². The average molecular weight is 494 g/mol. The minimum absolute atomic E-state index is 0.0992. The average Bonchev–Trinajstić information content (AvgIpc) is 3.28.